The predicted octanol–water partition coefficient (Wildman–Crippen LogP) is 0.0128. The van der Waals surface area contributed by atoms with Crippen LogP contribution in [0.5, 0.6) is 0 Å². The van der Waals surface area contributed by atoms with Crippen LogP contribution in [0.25, 0.3) is 0 Å². The molecule has 4 N–H and O–H groups in total. The molecule has 24 heavy (non-hydrogen) atoms. The molecule has 7 nitrogen and oxygen atoms in total. The van der Waals surface area contributed by atoms with Crippen molar-refractivity contribution < 1.29 is 9.84 Å². The number of aliphatic imine (C=N–C) groups is 1. The number of morpholine rings is 1. The Morgan fingerprint density at radius 3 is 2.38 bits per heavy atom. The molecule has 0 radical (unpaired) electrons. The molecule has 1 heterocycles. The first-order valence-corrected chi connectivity index (χ1v) is 9.01. The summed E-state index contributed by atoms with van der Waals surface area (Å²) in [4.78, 5) is 6.77. The zero-order valence-corrected chi connectivity index (χ0v) is 16.1. The van der Waals surface area contributed by atoms with E-state index in [9.17, 15) is 5.11 Å². The molecular weight excluding hydrogens is 306 g/mol. The van der Waals surface area contributed by atoms with E-state index < -0.39 is 5.60 Å². The largest absolute Gasteiger partial charge is 0.387 e. The third-order valence-corrected chi connectivity index (χ3v) is 3.66. The Kier molecular flexibility index (Phi) is 8.97. The standard InChI is InChI=1S/C17H37N5O2/c1-6-18-15(19-7-8-21-16(2,3)4)20-13-17(5,23)14-22-9-11-24-12-10-22/h21,23H,6-14H2,1-5H3,(H2,18,19,20). The molecule has 0 amide bonds. The summed E-state index contributed by atoms with van der Waals surface area (Å²) < 4.78 is 5.35. The second-order valence-electron chi connectivity index (χ2n) is 7.68. The van der Waals surface area contributed by atoms with Crippen LogP contribution in [0.15, 0.2) is 4.99 Å². The molecule has 0 spiro atoms. The smallest absolute Gasteiger partial charge is 0.191 e. The first-order valence-electron chi connectivity index (χ1n) is 9.01. The van der Waals surface area contributed by atoms with Crippen LogP contribution in [0.3, 0.4) is 0 Å². The molecule has 1 atom stereocenters. The van der Waals surface area contributed by atoms with E-state index in [-0.39, 0.29) is 5.54 Å². The van der Waals surface area contributed by atoms with Gasteiger partial charge < -0.3 is 25.8 Å². The number of aliphatic hydroxyl groups is 1. The van der Waals surface area contributed by atoms with Crippen molar-refractivity contribution in [1.82, 2.24) is 20.9 Å². The Hall–Kier alpha value is -0.890. The fourth-order valence-corrected chi connectivity index (χ4v) is 2.50. The van der Waals surface area contributed by atoms with Gasteiger partial charge in [-0.1, -0.05) is 0 Å². The maximum absolute atomic E-state index is 10.6. The lowest BCUT2D eigenvalue weighted by molar-refractivity contribution is -0.0179. The van der Waals surface area contributed by atoms with Gasteiger partial charge in [0.05, 0.1) is 25.4 Å². The molecule has 0 aromatic carbocycles. The number of ether oxygens (including phenoxy) is 1. The Labute approximate surface area is 147 Å². The lowest BCUT2D eigenvalue weighted by Gasteiger charge is -2.33. The van der Waals surface area contributed by atoms with E-state index in [1.165, 1.54) is 0 Å². The van der Waals surface area contributed by atoms with E-state index in [0.29, 0.717) is 13.1 Å². The maximum Gasteiger partial charge on any atom is 0.191 e. The minimum atomic E-state index is -0.844. The average Bonchev–Trinajstić information content (AvgIpc) is 2.48. The molecule has 0 aromatic rings. The molecule has 1 unspecified atom stereocenters. The van der Waals surface area contributed by atoms with Crippen LogP contribution in [0, 0.1) is 0 Å². The van der Waals surface area contributed by atoms with Crippen molar-refractivity contribution in [3.8, 4) is 0 Å². The van der Waals surface area contributed by atoms with Crippen LogP contribution in [-0.4, -0.2) is 86.1 Å². The van der Waals surface area contributed by atoms with Gasteiger partial charge in [0.15, 0.2) is 5.96 Å². The normalized spacial score (nSPS) is 19.8. The fourth-order valence-electron chi connectivity index (χ4n) is 2.50. The zero-order valence-electron chi connectivity index (χ0n) is 16.1. The molecule has 0 saturated carbocycles. The molecule has 0 bridgehead atoms. The molecule has 1 saturated heterocycles. The first kappa shape index (κ1) is 21.2. The number of nitrogens with zero attached hydrogens (tertiary/aromatic N) is 2. The van der Waals surface area contributed by atoms with Crippen molar-refractivity contribution in [3.63, 3.8) is 0 Å². The van der Waals surface area contributed by atoms with Crippen LogP contribution in [0.2, 0.25) is 0 Å². The molecular formula is C17H37N5O2. The van der Waals surface area contributed by atoms with Gasteiger partial charge in [0, 0.05) is 44.8 Å². The number of guanidine groups is 1. The Bertz CT molecular complexity index is 374. The molecule has 0 aromatic heterocycles. The minimum absolute atomic E-state index is 0.110. The van der Waals surface area contributed by atoms with Gasteiger partial charge in [-0.2, -0.15) is 0 Å². The summed E-state index contributed by atoms with van der Waals surface area (Å²) >= 11 is 0. The quantitative estimate of drug-likeness (QED) is 0.282. The summed E-state index contributed by atoms with van der Waals surface area (Å²) in [5, 5.41) is 20.6. The van der Waals surface area contributed by atoms with Gasteiger partial charge in [-0.25, -0.2) is 0 Å². The lowest BCUT2D eigenvalue weighted by Crippen LogP contribution is -2.48. The molecule has 1 aliphatic heterocycles. The van der Waals surface area contributed by atoms with Crippen molar-refractivity contribution in [2.24, 2.45) is 4.99 Å². The Morgan fingerprint density at radius 2 is 1.79 bits per heavy atom. The van der Waals surface area contributed by atoms with Gasteiger partial charge in [-0.05, 0) is 34.6 Å². The monoisotopic (exact) mass is 343 g/mol. The molecule has 7 heteroatoms. The highest BCUT2D eigenvalue weighted by atomic mass is 16.5. The summed E-state index contributed by atoms with van der Waals surface area (Å²) in [7, 11) is 0. The van der Waals surface area contributed by atoms with Gasteiger partial charge in [0.25, 0.3) is 0 Å². The minimum Gasteiger partial charge on any atom is -0.387 e. The summed E-state index contributed by atoms with van der Waals surface area (Å²) in [6, 6.07) is 0. The number of hydrogen-bond acceptors (Lipinski definition) is 5. The number of nitrogens with one attached hydrogen (secondary N) is 3. The van der Waals surface area contributed by atoms with Crippen molar-refractivity contribution in [2.75, 3.05) is 59.0 Å². The van der Waals surface area contributed by atoms with Gasteiger partial charge in [0.2, 0.25) is 0 Å². The molecule has 1 rings (SSSR count). The number of rotatable bonds is 8. The van der Waals surface area contributed by atoms with Crippen molar-refractivity contribution in [3.05, 3.63) is 0 Å². The lowest BCUT2D eigenvalue weighted by atomic mass is 10.1. The summed E-state index contributed by atoms with van der Waals surface area (Å²) in [5.41, 5.74) is -0.734. The first-order chi connectivity index (χ1) is 11.2. The van der Waals surface area contributed by atoms with E-state index in [1.807, 2.05) is 13.8 Å². The van der Waals surface area contributed by atoms with Crippen molar-refractivity contribution in [1.29, 1.82) is 0 Å². The molecule has 0 aliphatic carbocycles. The summed E-state index contributed by atoms with van der Waals surface area (Å²) in [5.74, 6) is 0.746. The van der Waals surface area contributed by atoms with E-state index in [4.69, 9.17) is 4.74 Å². The van der Waals surface area contributed by atoms with E-state index in [1.54, 1.807) is 0 Å². The average molecular weight is 344 g/mol. The van der Waals surface area contributed by atoms with Gasteiger partial charge in [0.1, 0.15) is 0 Å². The SMILES string of the molecule is CCNC(=NCC(C)(O)CN1CCOCC1)NCCNC(C)(C)C. The molecule has 1 fully saturated rings. The second-order valence-corrected chi connectivity index (χ2v) is 7.68. The summed E-state index contributed by atoms with van der Waals surface area (Å²) in [6.07, 6.45) is 0. The van der Waals surface area contributed by atoms with E-state index in [0.717, 1.165) is 51.9 Å². The highest BCUT2D eigenvalue weighted by Gasteiger charge is 2.25. The van der Waals surface area contributed by atoms with Crippen LogP contribution in [0.4, 0.5) is 0 Å². The maximum atomic E-state index is 10.6. The van der Waals surface area contributed by atoms with E-state index in [2.05, 4.69) is 46.6 Å². The molecule has 142 valence electrons. The predicted molar refractivity (Wildman–Crippen MR) is 99.6 cm³/mol. The number of β-amino-alcohol motifs (C(OH)–C–C–N with tert-alkyl or cyclic N) is 1. The third-order valence-electron chi connectivity index (χ3n) is 3.66. The van der Waals surface area contributed by atoms with E-state index >= 15 is 0 Å². The fraction of sp³-hybridized carbons (Fsp3) is 0.941. The topological polar surface area (TPSA) is 81.2 Å². The van der Waals surface area contributed by atoms with Crippen molar-refractivity contribution >= 4 is 5.96 Å². The van der Waals surface area contributed by atoms with Crippen LogP contribution >= 0.6 is 0 Å². The highest BCUT2D eigenvalue weighted by Crippen LogP contribution is 2.09. The van der Waals surface area contributed by atoms with Crippen LogP contribution in [-0.2, 0) is 4.74 Å². The summed E-state index contributed by atoms with van der Waals surface area (Å²) in [6.45, 7) is 17.0. The van der Waals surface area contributed by atoms with Crippen LogP contribution in [0.1, 0.15) is 34.6 Å². The Morgan fingerprint density at radius 1 is 1.12 bits per heavy atom. The number of hydrogen-bond donors (Lipinski definition) is 4. The van der Waals surface area contributed by atoms with Gasteiger partial charge in [-0.3, -0.25) is 9.89 Å². The van der Waals surface area contributed by atoms with Gasteiger partial charge >= 0.3 is 0 Å². The second kappa shape index (κ2) is 10.2. The zero-order chi connectivity index (χ0) is 18.1. The third kappa shape index (κ3) is 10.1. The van der Waals surface area contributed by atoms with Gasteiger partial charge in [-0.15, -0.1) is 0 Å². The van der Waals surface area contributed by atoms with Crippen LogP contribution < -0.4 is 16.0 Å². The van der Waals surface area contributed by atoms with Crippen molar-refractivity contribution in [2.45, 2.75) is 45.8 Å². The molecule has 1 aliphatic rings. The Balaban J connectivity index is 2.41. The highest BCUT2D eigenvalue weighted by molar-refractivity contribution is 5.79.